The molecule has 0 unspecified atom stereocenters. The fourth-order valence-electron chi connectivity index (χ4n) is 2.83. The van der Waals surface area contributed by atoms with Crippen LogP contribution < -0.4 is 25.4 Å². The van der Waals surface area contributed by atoms with Crippen LogP contribution in [-0.4, -0.2) is 47.6 Å². The summed E-state index contributed by atoms with van der Waals surface area (Å²) in [5.74, 6) is -0.939. The van der Waals surface area contributed by atoms with Gasteiger partial charge in [-0.2, -0.15) is 5.26 Å². The van der Waals surface area contributed by atoms with Crippen LogP contribution in [0.4, 0.5) is 11.4 Å². The number of hydrogen-bond donors (Lipinski definition) is 2. The van der Waals surface area contributed by atoms with Crippen molar-refractivity contribution in [1.82, 2.24) is 9.47 Å². The third-order valence-corrected chi connectivity index (χ3v) is 6.01. The molecule has 0 aliphatic heterocycles. The van der Waals surface area contributed by atoms with Gasteiger partial charge >= 0.3 is 5.97 Å². The third kappa shape index (κ3) is 6.91. The molecule has 0 fully saturated rings. The molecule has 0 spiro atoms. The largest absolute Gasteiger partial charge is 0.457 e. The Labute approximate surface area is 202 Å². The topological polar surface area (TPSA) is 116 Å². The highest BCUT2D eigenvalue weighted by Gasteiger charge is 2.16. The predicted molar refractivity (Wildman–Crippen MR) is 135 cm³/mol. The predicted octanol–water partition coefficient (Wildman–Crippen LogP) is 1.46. The van der Waals surface area contributed by atoms with Gasteiger partial charge in [-0.15, -0.1) is 11.3 Å². The fourth-order valence-corrected chi connectivity index (χ4v) is 3.90. The lowest BCUT2D eigenvalue weighted by Gasteiger charge is -2.20. The maximum Gasteiger partial charge on any atom is 0.352 e. The lowest BCUT2D eigenvalue weighted by Crippen LogP contribution is -2.34. The number of aromatic nitrogens is 1. The Hall–Kier alpha value is -3.68. The molecule has 2 rings (SSSR count). The highest BCUT2D eigenvalue weighted by Crippen LogP contribution is 2.15. The van der Waals surface area contributed by atoms with Gasteiger partial charge in [-0.05, 0) is 46.0 Å². The minimum atomic E-state index is -0.808. The van der Waals surface area contributed by atoms with Gasteiger partial charge in [-0.25, -0.2) is 4.79 Å². The van der Waals surface area contributed by atoms with Crippen molar-refractivity contribution in [3.63, 3.8) is 0 Å². The van der Waals surface area contributed by atoms with Crippen LogP contribution in [0.15, 0.2) is 41.7 Å². The molecule has 1 aromatic heterocycles. The van der Waals surface area contributed by atoms with E-state index >= 15 is 0 Å². The number of carbonyl (C=O) groups excluding carboxylic acids is 2. The first kappa shape index (κ1) is 26.6. The number of carbonyl (C=O) groups is 2. The summed E-state index contributed by atoms with van der Waals surface area (Å²) in [4.78, 5) is 39.2. The van der Waals surface area contributed by atoms with Crippen LogP contribution in [0.25, 0.3) is 11.8 Å². The Morgan fingerprint density at radius 1 is 1.35 bits per heavy atom. The van der Waals surface area contributed by atoms with Crippen molar-refractivity contribution >= 4 is 46.4 Å². The van der Waals surface area contributed by atoms with Gasteiger partial charge < -0.3 is 15.4 Å². The summed E-state index contributed by atoms with van der Waals surface area (Å²) < 4.78 is 6.87. The zero-order chi connectivity index (χ0) is 25.3. The van der Waals surface area contributed by atoms with Crippen LogP contribution in [-0.2, 0) is 20.9 Å². The second-order valence-electron chi connectivity index (χ2n) is 7.62. The molecule has 9 nitrogen and oxygen atoms in total. The number of nitriles is 1. The first-order chi connectivity index (χ1) is 16.2. The van der Waals surface area contributed by atoms with Crippen LogP contribution in [0.2, 0.25) is 0 Å². The molecular weight excluding hydrogens is 454 g/mol. The molecule has 0 aliphatic rings. The zero-order valence-corrected chi connectivity index (χ0v) is 20.6. The van der Waals surface area contributed by atoms with E-state index in [-0.39, 0.29) is 47.4 Å². The molecule has 0 atom stereocenters. The van der Waals surface area contributed by atoms with Gasteiger partial charge in [0.25, 0.3) is 5.56 Å². The summed E-state index contributed by atoms with van der Waals surface area (Å²) in [6.45, 7) is 9.77. The normalized spacial score (nSPS) is 12.3. The third-order valence-electron chi connectivity index (χ3n) is 4.88. The molecule has 0 bridgehead atoms. The molecule has 180 valence electrons. The maximum atomic E-state index is 12.8. The number of anilines is 2. The highest BCUT2D eigenvalue weighted by molar-refractivity contribution is 7.07. The van der Waals surface area contributed by atoms with E-state index in [1.54, 1.807) is 31.2 Å². The van der Waals surface area contributed by atoms with Gasteiger partial charge in [0.05, 0.1) is 6.54 Å². The van der Waals surface area contributed by atoms with Crippen LogP contribution >= 0.6 is 11.3 Å². The molecule has 0 aliphatic carbocycles. The molecule has 0 saturated carbocycles. The number of thiazole rings is 1. The van der Waals surface area contributed by atoms with Crippen LogP contribution in [0.1, 0.15) is 20.8 Å². The van der Waals surface area contributed by atoms with E-state index in [0.717, 1.165) is 11.3 Å². The molecule has 0 saturated heterocycles. The van der Waals surface area contributed by atoms with Gasteiger partial charge in [0.2, 0.25) is 5.91 Å². The number of likely N-dealkylation sites (N-methyl/N-ethyl adjacent to an activating group) is 1. The summed E-state index contributed by atoms with van der Waals surface area (Å²) in [7, 11) is 1.88. The van der Waals surface area contributed by atoms with Crippen molar-refractivity contribution in [2.75, 3.05) is 30.8 Å². The summed E-state index contributed by atoms with van der Waals surface area (Å²) in [5.41, 5.74) is 0.702. The molecule has 34 heavy (non-hydrogen) atoms. The minimum absolute atomic E-state index is 0.0348. The molecule has 1 aromatic carbocycles. The quantitative estimate of drug-likeness (QED) is 0.388. The average Bonchev–Trinajstić information content (AvgIpc) is 3.11. The summed E-state index contributed by atoms with van der Waals surface area (Å²) >= 11 is 1.02. The standard InChI is InChI=1S/C24H29N5O4S/c1-6-11-33-24(32)19(13-25)23-29(7-2)22(31)20(34-23)14-26-17-9-8-10-18(12-17)27-21(30)15-28(5)16(3)4/h6,8-10,12,14,16,26H,1,7,11,15H2,2-5H3,(H,27,30). The molecule has 1 heterocycles. The first-order valence-electron chi connectivity index (χ1n) is 10.7. The highest BCUT2D eigenvalue weighted by atomic mass is 32.1. The summed E-state index contributed by atoms with van der Waals surface area (Å²) in [5, 5.41) is 15.4. The van der Waals surface area contributed by atoms with Gasteiger partial charge in [0.1, 0.15) is 21.9 Å². The summed E-state index contributed by atoms with van der Waals surface area (Å²) in [6, 6.07) is 9.18. The van der Waals surface area contributed by atoms with E-state index in [1.807, 2.05) is 31.9 Å². The Bertz CT molecular complexity index is 1270. The molecule has 1 amide bonds. The number of benzene rings is 1. The van der Waals surface area contributed by atoms with Crippen molar-refractivity contribution in [3.05, 3.63) is 56.5 Å². The van der Waals surface area contributed by atoms with Crippen molar-refractivity contribution in [2.45, 2.75) is 33.4 Å². The number of rotatable bonds is 10. The van der Waals surface area contributed by atoms with E-state index in [9.17, 15) is 19.6 Å². The van der Waals surface area contributed by atoms with E-state index in [4.69, 9.17) is 4.74 Å². The summed E-state index contributed by atoms with van der Waals surface area (Å²) in [6.07, 6.45) is 2.91. The Morgan fingerprint density at radius 3 is 2.68 bits per heavy atom. The smallest absolute Gasteiger partial charge is 0.352 e. The molecule has 10 heteroatoms. The lowest BCUT2D eigenvalue weighted by molar-refractivity contribution is -0.135. The van der Waals surface area contributed by atoms with E-state index in [1.165, 1.54) is 16.8 Å². The van der Waals surface area contributed by atoms with Gasteiger partial charge in [0.15, 0.2) is 5.57 Å². The monoisotopic (exact) mass is 483 g/mol. The second kappa shape index (κ2) is 12.5. The number of ether oxygens (including phenoxy) is 1. The molecule has 0 radical (unpaired) electrons. The van der Waals surface area contributed by atoms with Crippen LogP contribution in [0.5, 0.6) is 0 Å². The SMILES string of the molecule is C=CCOC(=O)C(C#N)=c1sc(=CNc2cccc(NC(=O)CN(C)C(C)C)c2)c(=O)n1CC. The number of amides is 1. The van der Waals surface area contributed by atoms with Gasteiger partial charge in [-0.3, -0.25) is 19.1 Å². The number of nitrogens with one attached hydrogen (secondary N) is 2. The first-order valence-corrected chi connectivity index (χ1v) is 11.5. The van der Waals surface area contributed by atoms with Gasteiger partial charge in [0, 0.05) is 30.2 Å². The van der Waals surface area contributed by atoms with E-state index in [2.05, 4.69) is 17.2 Å². The maximum absolute atomic E-state index is 12.8. The van der Waals surface area contributed by atoms with E-state index < -0.39 is 5.97 Å². The molecule has 2 aromatic rings. The average molecular weight is 484 g/mol. The lowest BCUT2D eigenvalue weighted by atomic mass is 10.2. The zero-order valence-electron chi connectivity index (χ0n) is 19.8. The van der Waals surface area contributed by atoms with Crippen molar-refractivity contribution < 1.29 is 14.3 Å². The Kier molecular flexibility index (Phi) is 9.79. The minimum Gasteiger partial charge on any atom is -0.457 e. The Balaban J connectivity index is 2.32. The Morgan fingerprint density at radius 2 is 2.06 bits per heavy atom. The van der Waals surface area contributed by atoms with Gasteiger partial charge in [-0.1, -0.05) is 18.7 Å². The molecule has 2 N–H and O–H groups in total. The second-order valence-corrected chi connectivity index (χ2v) is 8.65. The van der Waals surface area contributed by atoms with Crippen molar-refractivity contribution in [1.29, 1.82) is 5.26 Å². The number of nitrogens with zero attached hydrogens (tertiary/aromatic N) is 3. The van der Waals surface area contributed by atoms with Crippen LogP contribution in [0, 0.1) is 11.3 Å². The van der Waals surface area contributed by atoms with Crippen molar-refractivity contribution in [2.24, 2.45) is 0 Å². The fraction of sp³-hybridized carbons (Fsp3) is 0.333. The van der Waals surface area contributed by atoms with Crippen molar-refractivity contribution in [3.8, 4) is 6.07 Å². The van der Waals surface area contributed by atoms with Crippen LogP contribution in [0.3, 0.4) is 0 Å². The molecular formula is C24H29N5O4S. The van der Waals surface area contributed by atoms with E-state index in [0.29, 0.717) is 15.9 Å². The number of esters is 1. The number of hydrogen-bond acceptors (Lipinski definition) is 8.